The van der Waals surface area contributed by atoms with Gasteiger partial charge in [0.15, 0.2) is 12.8 Å². The molecule has 0 aliphatic heterocycles. The van der Waals surface area contributed by atoms with Crippen molar-refractivity contribution in [2.45, 2.75) is 6.54 Å². The molecular formula is C29H24NO2+. The van der Waals surface area contributed by atoms with Crippen LogP contribution in [0.15, 0.2) is 127 Å². The lowest BCUT2D eigenvalue weighted by Crippen LogP contribution is -2.25. The molecule has 0 aliphatic rings. The topological polar surface area (TPSA) is 29.3 Å². The molecule has 32 heavy (non-hydrogen) atoms. The number of carbonyl (C=O) groups is 1. The summed E-state index contributed by atoms with van der Waals surface area (Å²) in [4.78, 5) is 13.0. The van der Waals surface area contributed by atoms with Crippen LogP contribution in [-0.2, 0) is 6.54 Å². The maximum absolute atomic E-state index is 13.0. The molecule has 4 aromatic carbocycles. The van der Waals surface area contributed by atoms with E-state index in [9.17, 15) is 4.79 Å². The highest BCUT2D eigenvalue weighted by molar-refractivity contribution is 5.91. The van der Waals surface area contributed by atoms with E-state index >= 15 is 0 Å². The van der Waals surface area contributed by atoms with E-state index < -0.39 is 6.09 Å². The van der Waals surface area contributed by atoms with E-state index in [0.29, 0.717) is 12.3 Å². The largest absolute Gasteiger partial charge is 0.602 e. The van der Waals surface area contributed by atoms with Gasteiger partial charge in [-0.1, -0.05) is 109 Å². The molecule has 0 saturated carbocycles. The number of amides is 1. The van der Waals surface area contributed by atoms with E-state index in [0.717, 1.165) is 22.3 Å². The first-order valence-corrected chi connectivity index (χ1v) is 10.5. The summed E-state index contributed by atoms with van der Waals surface area (Å²) in [7, 11) is 0. The van der Waals surface area contributed by atoms with Crippen LogP contribution in [-0.4, -0.2) is 16.9 Å². The number of hydrogen-bond acceptors (Lipinski definition) is 2. The summed E-state index contributed by atoms with van der Waals surface area (Å²) >= 11 is 0. The molecule has 0 spiro atoms. The molecule has 156 valence electrons. The van der Waals surface area contributed by atoms with E-state index in [1.165, 1.54) is 0 Å². The van der Waals surface area contributed by atoms with E-state index in [-0.39, 0.29) is 0 Å². The van der Waals surface area contributed by atoms with Crippen LogP contribution in [0.2, 0.25) is 0 Å². The Labute approximate surface area is 188 Å². The van der Waals surface area contributed by atoms with Crippen molar-refractivity contribution in [2.24, 2.45) is 0 Å². The molecule has 0 unspecified atom stereocenters. The molecule has 0 heterocycles. The average molecular weight is 419 g/mol. The third kappa shape index (κ3) is 5.67. The van der Waals surface area contributed by atoms with Crippen LogP contribution in [0.4, 0.5) is 4.79 Å². The van der Waals surface area contributed by atoms with Crippen molar-refractivity contribution in [3.05, 3.63) is 144 Å². The third-order valence-corrected chi connectivity index (χ3v) is 4.97. The van der Waals surface area contributed by atoms with Gasteiger partial charge in [-0.05, 0) is 28.8 Å². The Morgan fingerprint density at radius 3 is 1.66 bits per heavy atom. The lowest BCUT2D eigenvalue weighted by molar-refractivity contribution is -0.452. The van der Waals surface area contributed by atoms with Crippen LogP contribution < -0.4 is 4.74 Å². The second kappa shape index (κ2) is 10.7. The summed E-state index contributed by atoms with van der Waals surface area (Å²) in [6, 6.07) is 39.3. The quantitative estimate of drug-likeness (QED) is 0.261. The number of carbonyl (C=O) groups excluding carboxylic acids is 1. The molecule has 0 fully saturated rings. The maximum Gasteiger partial charge on any atom is 0.602 e. The van der Waals surface area contributed by atoms with E-state index in [2.05, 4.69) is 24.3 Å². The zero-order valence-electron chi connectivity index (χ0n) is 17.7. The predicted octanol–water partition coefficient (Wildman–Crippen LogP) is 6.60. The van der Waals surface area contributed by atoms with E-state index in [4.69, 9.17) is 4.74 Å². The van der Waals surface area contributed by atoms with Gasteiger partial charge in [-0.25, -0.2) is 0 Å². The SMILES string of the molecule is O=C(Oc1ccccc1)/[N+](=C\C=C(c1ccccc1)c1ccccc1)Cc1ccccc1. The van der Waals surface area contributed by atoms with Crippen molar-refractivity contribution in [1.29, 1.82) is 0 Å². The number of allylic oxidation sites excluding steroid dienone is 1. The van der Waals surface area contributed by atoms with Crippen LogP contribution in [0.25, 0.3) is 5.57 Å². The molecule has 0 radical (unpaired) electrons. The minimum Gasteiger partial charge on any atom is -0.372 e. The zero-order chi connectivity index (χ0) is 22.0. The first kappa shape index (κ1) is 21.0. The monoisotopic (exact) mass is 418 g/mol. The Balaban J connectivity index is 1.72. The van der Waals surface area contributed by atoms with Gasteiger partial charge in [0.1, 0.15) is 5.75 Å². The van der Waals surface area contributed by atoms with Gasteiger partial charge in [0, 0.05) is 11.6 Å². The lowest BCUT2D eigenvalue weighted by Gasteiger charge is -2.07. The fraction of sp³-hybridized carbons (Fsp3) is 0.0345. The van der Waals surface area contributed by atoms with Crippen LogP contribution in [0, 0.1) is 0 Å². The number of rotatable bonds is 6. The van der Waals surface area contributed by atoms with Gasteiger partial charge < -0.3 is 4.74 Å². The summed E-state index contributed by atoms with van der Waals surface area (Å²) < 4.78 is 7.21. The average Bonchev–Trinajstić information content (AvgIpc) is 2.86. The van der Waals surface area contributed by atoms with Gasteiger partial charge in [-0.2, -0.15) is 4.79 Å². The van der Waals surface area contributed by atoms with Crippen molar-refractivity contribution in [3.63, 3.8) is 0 Å². The van der Waals surface area contributed by atoms with E-state index in [1.54, 1.807) is 22.9 Å². The van der Waals surface area contributed by atoms with Gasteiger partial charge in [0.2, 0.25) is 0 Å². The van der Waals surface area contributed by atoms with Gasteiger partial charge in [-0.3, -0.25) is 0 Å². The molecule has 0 bridgehead atoms. The van der Waals surface area contributed by atoms with Crippen molar-refractivity contribution < 1.29 is 14.1 Å². The Bertz CT molecular complexity index is 1160. The molecule has 3 nitrogen and oxygen atoms in total. The van der Waals surface area contributed by atoms with Gasteiger partial charge >= 0.3 is 6.09 Å². The second-order valence-corrected chi connectivity index (χ2v) is 7.26. The highest BCUT2D eigenvalue weighted by Crippen LogP contribution is 2.22. The molecule has 4 rings (SSSR count). The Morgan fingerprint density at radius 2 is 1.12 bits per heavy atom. The third-order valence-electron chi connectivity index (χ3n) is 4.97. The van der Waals surface area contributed by atoms with Crippen molar-refractivity contribution in [2.75, 3.05) is 0 Å². The minimum absolute atomic E-state index is 0.403. The van der Waals surface area contributed by atoms with Gasteiger partial charge in [0.05, 0.1) is 0 Å². The fourth-order valence-electron chi connectivity index (χ4n) is 3.37. The van der Waals surface area contributed by atoms with Crippen LogP contribution >= 0.6 is 0 Å². The Morgan fingerprint density at radius 1 is 0.656 bits per heavy atom. The second-order valence-electron chi connectivity index (χ2n) is 7.26. The highest BCUT2D eigenvalue weighted by Gasteiger charge is 2.21. The molecule has 0 atom stereocenters. The van der Waals surface area contributed by atoms with Gasteiger partial charge in [0.25, 0.3) is 0 Å². The first-order chi connectivity index (χ1) is 15.8. The smallest absolute Gasteiger partial charge is 0.372 e. The standard InChI is InChI=1S/C29H24NO2/c31-29(32-27-19-11-4-12-20-27)30(23-24-13-5-1-6-14-24)22-21-28(25-15-7-2-8-16-25)26-17-9-3-10-18-26/h1-22H,23H2/q+1/b30-22-. The number of ether oxygens (including phenoxy) is 1. The summed E-state index contributed by atoms with van der Waals surface area (Å²) in [5.41, 5.74) is 4.19. The molecule has 4 aromatic rings. The molecule has 0 saturated heterocycles. The van der Waals surface area contributed by atoms with Crippen molar-refractivity contribution >= 4 is 17.9 Å². The van der Waals surface area contributed by atoms with Crippen LogP contribution in [0.5, 0.6) is 5.75 Å². The minimum atomic E-state index is -0.434. The molecule has 3 heteroatoms. The summed E-state index contributed by atoms with van der Waals surface area (Å²) in [5, 5.41) is 0. The lowest BCUT2D eigenvalue weighted by atomic mass is 9.98. The van der Waals surface area contributed by atoms with E-state index in [1.807, 2.05) is 91.0 Å². The molecule has 0 aliphatic carbocycles. The molecule has 0 aromatic heterocycles. The van der Waals surface area contributed by atoms with Crippen LogP contribution in [0.3, 0.4) is 0 Å². The number of nitrogens with zero attached hydrogens (tertiary/aromatic N) is 1. The predicted molar refractivity (Wildman–Crippen MR) is 129 cm³/mol. The number of para-hydroxylation sites is 1. The molecule has 0 N–H and O–H groups in total. The summed E-state index contributed by atoms with van der Waals surface area (Å²) in [6.45, 7) is 0.403. The number of hydrogen-bond donors (Lipinski definition) is 0. The van der Waals surface area contributed by atoms with Crippen LogP contribution in [0.1, 0.15) is 16.7 Å². The fourth-order valence-corrected chi connectivity index (χ4v) is 3.37. The first-order valence-electron chi connectivity index (χ1n) is 10.5. The summed E-state index contributed by atoms with van der Waals surface area (Å²) in [6.07, 6.45) is 3.34. The van der Waals surface area contributed by atoms with Gasteiger partial charge in [-0.15, -0.1) is 4.58 Å². The zero-order valence-corrected chi connectivity index (χ0v) is 17.7. The normalized spacial score (nSPS) is 10.9. The molecule has 1 amide bonds. The molecular weight excluding hydrogens is 394 g/mol. The Hall–Kier alpha value is -4.24. The Kier molecular flexibility index (Phi) is 7.02. The van der Waals surface area contributed by atoms with Crippen molar-refractivity contribution in [1.82, 2.24) is 0 Å². The maximum atomic E-state index is 13.0. The number of benzene rings is 4. The van der Waals surface area contributed by atoms with Crippen molar-refractivity contribution in [3.8, 4) is 5.75 Å². The summed E-state index contributed by atoms with van der Waals surface area (Å²) in [5.74, 6) is 0.513. The highest BCUT2D eigenvalue weighted by atomic mass is 16.6.